The Kier molecular flexibility index (Phi) is 11.7. The molecule has 2 aliphatic carbocycles. The molecule has 1 aliphatic heterocycles. The highest BCUT2D eigenvalue weighted by molar-refractivity contribution is 7.81. The third-order valence-electron chi connectivity index (χ3n) is 12.6. The Balaban J connectivity index is 1.69. The van der Waals surface area contributed by atoms with Crippen molar-refractivity contribution in [3.8, 4) is 11.5 Å². The van der Waals surface area contributed by atoms with Crippen LogP contribution in [0.25, 0.3) is 0 Å². The molecule has 2 saturated carbocycles. The number of ether oxygens (including phenoxy) is 1. The van der Waals surface area contributed by atoms with Gasteiger partial charge in [0.1, 0.15) is 23.1 Å². The summed E-state index contributed by atoms with van der Waals surface area (Å²) in [6.07, 6.45) is 7.47. The van der Waals surface area contributed by atoms with Gasteiger partial charge in [-0.3, -0.25) is 4.79 Å². The van der Waals surface area contributed by atoms with Crippen LogP contribution in [0.2, 0.25) is 0 Å². The number of hydrogen-bond acceptors (Lipinski definition) is 12. The summed E-state index contributed by atoms with van der Waals surface area (Å²) in [6.45, 7) is 14.0. The fraction of sp³-hybridized carbons (Fsp3) is 0.778. The average Bonchev–Trinajstić information content (AvgIpc) is 3.08. The van der Waals surface area contributed by atoms with E-state index in [4.69, 9.17) is 4.74 Å². The van der Waals surface area contributed by atoms with Crippen LogP contribution in [0, 0.1) is 28.1 Å². The van der Waals surface area contributed by atoms with Crippen molar-refractivity contribution in [1.29, 1.82) is 0 Å². The molecule has 1 heterocycles. The maximum Gasteiger partial charge on any atom is 0.262 e. The topological polar surface area (TPSA) is 196 Å². The Hall–Kier alpha value is -2.10. The number of rotatable bonds is 13. The first-order valence-corrected chi connectivity index (χ1v) is 20.4. The largest absolute Gasteiger partial charge is 0.716 e. The second-order valence-corrected chi connectivity index (χ2v) is 18.6. The molecule has 3 fully saturated rings. The van der Waals surface area contributed by atoms with Crippen LogP contribution in [0.1, 0.15) is 131 Å². The van der Waals surface area contributed by atoms with Crippen LogP contribution < -0.4 is 8.37 Å². The smallest absolute Gasteiger partial charge is 0.262 e. The molecule has 1 aromatic carbocycles. The van der Waals surface area contributed by atoms with Gasteiger partial charge < -0.3 is 32.1 Å². The number of carbonyl (C=O) groups is 2. The van der Waals surface area contributed by atoms with E-state index in [1.807, 2.05) is 6.92 Å². The summed E-state index contributed by atoms with van der Waals surface area (Å²) in [7, 11) is -10.5. The molecule has 0 aromatic heterocycles. The van der Waals surface area contributed by atoms with Gasteiger partial charge in [0.25, 0.3) is 20.8 Å². The molecule has 3 aliphatic rings. The van der Waals surface area contributed by atoms with Crippen molar-refractivity contribution >= 4 is 32.4 Å². The lowest BCUT2D eigenvalue weighted by molar-refractivity contribution is -0.229. The normalized spacial score (nSPS) is 34.6. The van der Waals surface area contributed by atoms with Crippen LogP contribution in [0.5, 0.6) is 11.5 Å². The quantitative estimate of drug-likeness (QED) is 0.184. The van der Waals surface area contributed by atoms with Gasteiger partial charge in [0.15, 0.2) is 0 Å². The molecule has 284 valence electrons. The van der Waals surface area contributed by atoms with E-state index in [2.05, 4.69) is 43.0 Å². The Morgan fingerprint density at radius 1 is 0.920 bits per heavy atom. The summed E-state index contributed by atoms with van der Waals surface area (Å²) in [5.74, 6) is -1.62. The zero-order chi connectivity index (χ0) is 37.6. The molecular weight excluding hydrogens is 689 g/mol. The maximum atomic E-state index is 14.5. The van der Waals surface area contributed by atoms with Gasteiger partial charge in [-0.15, -0.1) is 0 Å². The van der Waals surface area contributed by atoms with Crippen LogP contribution in [0.3, 0.4) is 0 Å². The first kappa shape index (κ1) is 40.7. The molecule has 0 amide bonds. The van der Waals surface area contributed by atoms with Gasteiger partial charge in [-0.25, -0.2) is 16.8 Å². The summed E-state index contributed by atoms with van der Waals surface area (Å²) >= 11 is 0. The molecule has 50 heavy (non-hydrogen) atoms. The molecule has 0 bridgehead atoms. The van der Waals surface area contributed by atoms with Gasteiger partial charge in [0.2, 0.25) is 0 Å². The molecule has 7 atom stereocenters. The SMILES string of the molecule is CC(=O)CC[C@@H]1[C@](C)(CC[C@@]2(O)[C@H](C)CC[C@@H]3OC(C)(C)CCC[C@@]32C)CCC[C@@]1(C)C(=O)Cc1cc(OS(=O)(=O)[O-])ccc1OS(=O)(=O)[O-]. The van der Waals surface area contributed by atoms with Crippen LogP contribution in [-0.4, -0.2) is 59.9 Å². The number of aliphatic hydroxyl groups is 1. The molecule has 12 nitrogen and oxygen atoms in total. The highest BCUT2D eigenvalue weighted by atomic mass is 32.3. The van der Waals surface area contributed by atoms with E-state index in [0.717, 1.165) is 56.7 Å². The molecule has 0 unspecified atom stereocenters. The van der Waals surface area contributed by atoms with Gasteiger partial charge in [0, 0.05) is 29.2 Å². The van der Waals surface area contributed by atoms with Crippen LogP contribution in [0.15, 0.2) is 18.2 Å². The minimum absolute atomic E-state index is 0.0209. The number of carbonyl (C=O) groups excluding carboxylic acids is 2. The minimum atomic E-state index is -5.27. The Morgan fingerprint density at radius 3 is 2.18 bits per heavy atom. The zero-order valence-electron chi connectivity index (χ0n) is 30.4. The molecular formula is C36H54O12S2-2. The van der Waals surface area contributed by atoms with Crippen molar-refractivity contribution in [2.45, 2.75) is 149 Å². The van der Waals surface area contributed by atoms with E-state index in [1.165, 1.54) is 6.92 Å². The van der Waals surface area contributed by atoms with E-state index in [9.17, 15) is 40.6 Å². The highest BCUT2D eigenvalue weighted by Gasteiger charge is 2.60. The lowest BCUT2D eigenvalue weighted by Gasteiger charge is -2.58. The van der Waals surface area contributed by atoms with Crippen LogP contribution in [-0.2, 0) is 41.5 Å². The first-order valence-electron chi connectivity index (χ1n) is 17.7. The lowest BCUT2D eigenvalue weighted by Crippen LogP contribution is -2.61. The standard InChI is InChI=1S/C36H56O12S2/c1-24-10-15-31-35(7,19-8-16-32(3,4)46-31)36(24,39)21-20-33(5)17-9-18-34(6,29(33)14-11-25(2)37)30(38)23-26-22-27(47-49(40,41)42)12-13-28(26)48-50(43,44)45/h12-13,22,24,29,31,39H,8-11,14-21,23H2,1-7H3,(H,40,41,42)(H,43,44,45)/p-2/t24-,29-,31+,33+,34-,35+,36-/m1/s1. The monoisotopic (exact) mass is 742 g/mol. The van der Waals surface area contributed by atoms with Gasteiger partial charge in [-0.05, 0) is 120 Å². The van der Waals surface area contributed by atoms with E-state index < -0.39 is 60.6 Å². The summed E-state index contributed by atoms with van der Waals surface area (Å²) < 4.78 is 84.1. The Bertz CT molecular complexity index is 1660. The predicted octanol–water partition coefficient (Wildman–Crippen LogP) is 5.95. The number of ketones is 2. The van der Waals surface area contributed by atoms with Crippen molar-refractivity contribution in [2.75, 3.05) is 0 Å². The van der Waals surface area contributed by atoms with E-state index in [0.29, 0.717) is 32.1 Å². The maximum absolute atomic E-state index is 14.5. The second-order valence-electron chi connectivity index (χ2n) is 16.6. The summed E-state index contributed by atoms with van der Waals surface area (Å²) in [4.78, 5) is 26.8. The molecule has 4 rings (SSSR count). The van der Waals surface area contributed by atoms with Gasteiger partial charge in [-0.2, -0.15) is 0 Å². The van der Waals surface area contributed by atoms with Crippen molar-refractivity contribution in [2.24, 2.45) is 28.1 Å². The van der Waals surface area contributed by atoms with Crippen molar-refractivity contribution < 1.29 is 53.7 Å². The summed E-state index contributed by atoms with van der Waals surface area (Å²) in [5.41, 5.74) is -3.42. The molecule has 1 N–H and O–H groups in total. The van der Waals surface area contributed by atoms with Crippen LogP contribution >= 0.6 is 0 Å². The molecule has 14 heteroatoms. The third-order valence-corrected chi connectivity index (χ3v) is 13.4. The minimum Gasteiger partial charge on any atom is -0.716 e. The molecule has 1 saturated heterocycles. The lowest BCUT2D eigenvalue weighted by atomic mass is 9.49. The summed E-state index contributed by atoms with van der Waals surface area (Å²) in [5, 5.41) is 12.7. The van der Waals surface area contributed by atoms with E-state index in [-0.39, 0.29) is 47.1 Å². The summed E-state index contributed by atoms with van der Waals surface area (Å²) in [6, 6.07) is 2.90. The number of hydrogen-bond donors (Lipinski definition) is 1. The molecule has 0 radical (unpaired) electrons. The molecule has 1 aromatic rings. The van der Waals surface area contributed by atoms with Gasteiger partial charge in [-0.1, -0.05) is 34.1 Å². The molecule has 0 spiro atoms. The Morgan fingerprint density at radius 2 is 1.56 bits per heavy atom. The number of fused-ring (bicyclic) bond motifs is 1. The zero-order valence-corrected chi connectivity index (χ0v) is 32.0. The second kappa shape index (κ2) is 14.4. The van der Waals surface area contributed by atoms with Gasteiger partial charge in [0.05, 0.1) is 17.3 Å². The predicted molar refractivity (Wildman–Crippen MR) is 183 cm³/mol. The van der Waals surface area contributed by atoms with E-state index >= 15 is 0 Å². The first-order chi connectivity index (χ1) is 22.8. The third kappa shape index (κ3) is 8.91. The highest BCUT2D eigenvalue weighted by Crippen LogP contribution is 2.60. The fourth-order valence-electron chi connectivity index (χ4n) is 9.75. The Labute approximate surface area is 297 Å². The van der Waals surface area contributed by atoms with Crippen molar-refractivity contribution in [3.63, 3.8) is 0 Å². The van der Waals surface area contributed by atoms with Crippen LogP contribution in [0.4, 0.5) is 0 Å². The van der Waals surface area contributed by atoms with Crippen molar-refractivity contribution in [1.82, 2.24) is 0 Å². The number of Topliss-reactive ketones (excluding diaryl/α,β-unsaturated/α-hetero) is 2. The van der Waals surface area contributed by atoms with Gasteiger partial charge >= 0.3 is 0 Å². The van der Waals surface area contributed by atoms with E-state index in [1.54, 1.807) is 0 Å². The average molecular weight is 743 g/mol. The fourth-order valence-corrected chi connectivity index (χ4v) is 10.5. The van der Waals surface area contributed by atoms with Crippen molar-refractivity contribution in [3.05, 3.63) is 23.8 Å². The number of benzene rings is 1.